The number of rotatable bonds is 9. The quantitative estimate of drug-likeness (QED) is 0.209. The summed E-state index contributed by atoms with van der Waals surface area (Å²) in [6.07, 6.45) is 3.39. The van der Waals surface area contributed by atoms with E-state index in [1.165, 1.54) is 51.2 Å². The topological polar surface area (TPSA) is 287 Å². The fourth-order valence-electron chi connectivity index (χ4n) is 5.07. The van der Waals surface area contributed by atoms with Gasteiger partial charge in [-0.1, -0.05) is 32.7 Å². The number of nitrogens with zero attached hydrogens (tertiary/aromatic N) is 3. The monoisotopic (exact) mass is 885 g/mol. The maximum atomic E-state index is 11.8. The molecule has 6 rings (SSSR count). The zero-order chi connectivity index (χ0) is 40.8. The van der Waals surface area contributed by atoms with Crippen molar-refractivity contribution in [3.05, 3.63) is 97.8 Å². The van der Waals surface area contributed by atoms with Gasteiger partial charge in [0.05, 0.1) is 37.9 Å². The van der Waals surface area contributed by atoms with Crippen LogP contribution < -0.4 is 38.6 Å². The second-order valence-electron chi connectivity index (χ2n) is 12.5. The molecule has 3 aliphatic rings. The summed E-state index contributed by atoms with van der Waals surface area (Å²) >= 11 is 3.91. The van der Waals surface area contributed by atoms with Crippen LogP contribution in [0.4, 0.5) is 0 Å². The standard InChI is InChI=1S/2C10H13N2O4PS.C9H13N2O6PS/c1-6-3-12(9(14)11-8(6)13)4-7-5-18-10(16-7)17(2)15;1-6-3-11-9(14)12(8(6)13)4-7-5-18-10(16-7)17(2)15;1-5-2-11(8(13)10-7(5)12)3-6-4-19-9(17-6)18(14,15)16/h2*3,7,10H,4-5H2,1-2H3;2,6,9H,3-4H2,1H3,(H,10,12,13)(H2,14,15,16)/p+1. The number of ether oxygens (including phenoxy) is 3. The van der Waals surface area contributed by atoms with Crippen LogP contribution in [-0.2, 0) is 47.5 Å². The molecule has 55 heavy (non-hydrogen) atoms. The van der Waals surface area contributed by atoms with Gasteiger partial charge < -0.3 is 33.5 Å². The highest BCUT2D eigenvalue weighted by Gasteiger charge is 2.38. The van der Waals surface area contributed by atoms with Gasteiger partial charge in [-0.05, 0) is 20.8 Å². The minimum absolute atomic E-state index is 0.111. The lowest BCUT2D eigenvalue weighted by Gasteiger charge is -2.22. The molecule has 20 nitrogen and oxygen atoms in total. The number of thioether (sulfide) groups is 3. The Morgan fingerprint density at radius 3 is 1.60 bits per heavy atom. The van der Waals surface area contributed by atoms with Crippen molar-refractivity contribution in [2.24, 2.45) is 0 Å². The van der Waals surface area contributed by atoms with E-state index in [0.717, 1.165) is 16.3 Å². The second kappa shape index (κ2) is 19.7. The molecule has 302 valence electrons. The van der Waals surface area contributed by atoms with Crippen LogP contribution in [0, 0.1) is 20.8 Å². The lowest BCUT2D eigenvalue weighted by Crippen LogP contribution is -2.39. The van der Waals surface area contributed by atoms with E-state index in [0.29, 0.717) is 40.5 Å². The smallest absolute Gasteiger partial charge is 0.378 e. The van der Waals surface area contributed by atoms with Gasteiger partial charge in [0.15, 0.2) is 12.8 Å². The Hall–Kier alpha value is -2.68. The lowest BCUT2D eigenvalue weighted by molar-refractivity contribution is -0.201. The van der Waals surface area contributed by atoms with Gasteiger partial charge in [-0.15, -0.1) is 11.8 Å². The maximum absolute atomic E-state index is 11.8. The second-order valence-corrected chi connectivity index (χ2v) is 21.5. The fraction of sp³-hybridized carbons (Fsp3) is 0.586. The van der Waals surface area contributed by atoms with E-state index in [-0.39, 0.29) is 46.8 Å². The van der Waals surface area contributed by atoms with E-state index in [2.05, 4.69) is 15.0 Å². The average Bonchev–Trinajstić information content (AvgIpc) is 3.89. The number of aromatic amines is 3. The third kappa shape index (κ3) is 12.7. The molecule has 3 saturated heterocycles. The van der Waals surface area contributed by atoms with Gasteiger partial charge in [-0.25, -0.2) is 14.4 Å². The maximum Gasteiger partial charge on any atom is 0.378 e. The highest BCUT2D eigenvalue weighted by Crippen LogP contribution is 2.48. The molecule has 3 aromatic rings. The van der Waals surface area contributed by atoms with E-state index in [1.807, 2.05) is 0 Å². The van der Waals surface area contributed by atoms with Crippen molar-refractivity contribution >= 4 is 58.5 Å². The molecular formula is C29H40N6O14P3S3+. The Bertz CT molecular complexity index is 2300. The molecule has 0 amide bonds. The first-order valence-corrected chi connectivity index (χ1v) is 24.6. The summed E-state index contributed by atoms with van der Waals surface area (Å²) in [5.74, 6) is 1.67. The Balaban J connectivity index is 0.000000184. The largest absolute Gasteiger partial charge is 0.776 e. The van der Waals surface area contributed by atoms with Gasteiger partial charge in [-0.3, -0.25) is 38.1 Å². The summed E-state index contributed by atoms with van der Waals surface area (Å²) in [5.41, 5.74) is -1.26. The summed E-state index contributed by atoms with van der Waals surface area (Å²) in [7, 11) is -7.32. The van der Waals surface area contributed by atoms with E-state index in [9.17, 15) is 47.4 Å². The number of hydrogen-bond acceptors (Lipinski definition) is 16. The van der Waals surface area contributed by atoms with Crippen LogP contribution >= 0.6 is 58.5 Å². The van der Waals surface area contributed by atoms with Crippen LogP contribution in [0.25, 0.3) is 0 Å². The van der Waals surface area contributed by atoms with E-state index < -0.39 is 57.1 Å². The molecule has 0 radical (unpaired) electrons. The SMILES string of the molecule is Cc1c[nH]c(=O)n(CC2CSC([P+](C)=O)O2)c1=O.Cc1cn(CC2CSC(P(=O)([O-])O)O2)c(=O)[nH]c1=O.Cc1cn(CC2CSC([P+](C)=O)O2)c(=O)[nH]c1=O. The molecule has 6 heterocycles. The zero-order valence-electron chi connectivity index (χ0n) is 30.1. The van der Waals surface area contributed by atoms with Gasteiger partial charge in [0.2, 0.25) is 0 Å². The minimum Gasteiger partial charge on any atom is -0.776 e. The molecule has 4 N–H and O–H groups in total. The Kier molecular flexibility index (Phi) is 16.1. The third-order valence-corrected chi connectivity index (χ3v) is 16.8. The van der Waals surface area contributed by atoms with Gasteiger partial charge in [0.25, 0.3) is 16.7 Å². The Labute approximate surface area is 326 Å². The van der Waals surface area contributed by atoms with Crippen molar-refractivity contribution < 1.29 is 37.7 Å². The molecule has 0 aromatic carbocycles. The van der Waals surface area contributed by atoms with Crippen molar-refractivity contribution in [1.82, 2.24) is 28.7 Å². The summed E-state index contributed by atoms with van der Waals surface area (Å²) in [6, 6.07) is 0. The van der Waals surface area contributed by atoms with Crippen molar-refractivity contribution in [3.8, 4) is 0 Å². The molecular weight excluding hydrogens is 845 g/mol. The molecule has 0 spiro atoms. The number of aryl methyl sites for hydroxylation is 3. The molecule has 3 fully saturated rings. The highest BCUT2D eigenvalue weighted by atomic mass is 32.2. The predicted octanol–water partition coefficient (Wildman–Crippen LogP) is 0.242. The van der Waals surface area contributed by atoms with Crippen LogP contribution in [-0.4, -0.2) is 98.0 Å². The molecule has 9 unspecified atom stereocenters. The Morgan fingerprint density at radius 1 is 0.745 bits per heavy atom. The molecule has 3 aromatic heterocycles. The lowest BCUT2D eigenvalue weighted by atomic mass is 10.3. The highest BCUT2D eigenvalue weighted by molar-refractivity contribution is 8.05. The fourth-order valence-corrected chi connectivity index (χ4v) is 11.7. The van der Waals surface area contributed by atoms with Crippen LogP contribution in [0.3, 0.4) is 0 Å². The summed E-state index contributed by atoms with van der Waals surface area (Å²) in [4.78, 5) is 95.6. The summed E-state index contributed by atoms with van der Waals surface area (Å²) in [6.45, 7) is 8.76. The Morgan fingerprint density at radius 2 is 1.18 bits per heavy atom. The first-order valence-electron chi connectivity index (χ1n) is 16.3. The van der Waals surface area contributed by atoms with Crippen LogP contribution in [0.15, 0.2) is 47.4 Å². The van der Waals surface area contributed by atoms with Crippen molar-refractivity contribution in [2.75, 3.05) is 30.6 Å². The summed E-state index contributed by atoms with van der Waals surface area (Å²) in [5, 5.41) is -1.91. The van der Waals surface area contributed by atoms with Crippen LogP contribution in [0.2, 0.25) is 0 Å². The number of hydrogen-bond donors (Lipinski definition) is 4. The first kappa shape index (κ1) is 45.0. The molecule has 0 aliphatic carbocycles. The average molecular weight is 886 g/mol. The molecule has 0 saturated carbocycles. The molecule has 9 atom stereocenters. The minimum atomic E-state index is -4.54. The molecule has 0 bridgehead atoms. The first-order chi connectivity index (χ1) is 25.7. The van der Waals surface area contributed by atoms with Crippen LogP contribution in [0.5, 0.6) is 0 Å². The normalized spacial score (nSPS) is 24.9. The van der Waals surface area contributed by atoms with E-state index >= 15 is 0 Å². The number of H-pyrrole nitrogens is 3. The third-order valence-electron chi connectivity index (χ3n) is 7.87. The number of aromatic nitrogens is 6. The van der Waals surface area contributed by atoms with Gasteiger partial charge >= 0.3 is 43.0 Å². The molecule has 3 aliphatic heterocycles. The predicted molar refractivity (Wildman–Crippen MR) is 208 cm³/mol. The van der Waals surface area contributed by atoms with Crippen LogP contribution in [0.1, 0.15) is 16.7 Å². The molecule has 26 heteroatoms. The van der Waals surface area contributed by atoms with Gasteiger partial charge in [0.1, 0.15) is 13.3 Å². The number of nitrogens with one attached hydrogen (secondary N) is 3. The van der Waals surface area contributed by atoms with E-state index in [1.54, 1.807) is 34.1 Å². The summed E-state index contributed by atoms with van der Waals surface area (Å²) < 4.78 is 53.6. The van der Waals surface area contributed by atoms with Crippen molar-refractivity contribution in [3.63, 3.8) is 0 Å². The van der Waals surface area contributed by atoms with Crippen molar-refractivity contribution in [1.29, 1.82) is 0 Å². The van der Waals surface area contributed by atoms with Crippen molar-refractivity contribution in [2.45, 2.75) is 74.2 Å². The zero-order valence-corrected chi connectivity index (χ0v) is 35.2. The van der Waals surface area contributed by atoms with Gasteiger partial charge in [-0.2, -0.15) is 0 Å². The van der Waals surface area contributed by atoms with E-state index in [4.69, 9.17) is 19.1 Å². The van der Waals surface area contributed by atoms with Gasteiger partial charge in [0, 0.05) is 52.5 Å².